The SMILES string of the molecule is CCCC[C@H](NC(=O)NC1(C(F)(F)F)CC1)C(=O)O. The molecule has 19 heavy (non-hydrogen) atoms. The number of rotatable bonds is 6. The van der Waals surface area contributed by atoms with Crippen LogP contribution in [0.15, 0.2) is 0 Å². The number of carboxylic acids is 1. The topological polar surface area (TPSA) is 78.4 Å². The maximum absolute atomic E-state index is 12.6. The summed E-state index contributed by atoms with van der Waals surface area (Å²) in [5.74, 6) is -1.25. The average Bonchev–Trinajstić information content (AvgIpc) is 3.03. The Morgan fingerprint density at radius 3 is 2.32 bits per heavy atom. The molecule has 0 aromatic rings. The lowest BCUT2D eigenvalue weighted by molar-refractivity contribution is -0.162. The molecule has 1 aliphatic rings. The summed E-state index contributed by atoms with van der Waals surface area (Å²) in [5.41, 5.74) is -2.18. The Morgan fingerprint density at radius 1 is 1.37 bits per heavy atom. The highest BCUT2D eigenvalue weighted by molar-refractivity contribution is 5.83. The Morgan fingerprint density at radius 2 is 1.95 bits per heavy atom. The largest absolute Gasteiger partial charge is 0.480 e. The molecule has 3 N–H and O–H groups in total. The number of carbonyl (C=O) groups is 2. The Labute approximate surface area is 108 Å². The van der Waals surface area contributed by atoms with Crippen LogP contribution < -0.4 is 10.6 Å². The molecule has 5 nitrogen and oxygen atoms in total. The Kier molecular flexibility index (Phi) is 4.65. The van der Waals surface area contributed by atoms with Crippen molar-refractivity contribution in [1.29, 1.82) is 0 Å². The zero-order chi connectivity index (χ0) is 14.7. The van der Waals surface area contributed by atoms with Crippen molar-refractivity contribution in [1.82, 2.24) is 10.6 Å². The smallest absolute Gasteiger partial charge is 0.411 e. The fourth-order valence-electron chi connectivity index (χ4n) is 1.68. The van der Waals surface area contributed by atoms with Gasteiger partial charge in [0, 0.05) is 0 Å². The zero-order valence-electron chi connectivity index (χ0n) is 10.5. The van der Waals surface area contributed by atoms with E-state index in [9.17, 15) is 22.8 Å². The van der Waals surface area contributed by atoms with E-state index in [0.29, 0.717) is 6.42 Å². The number of unbranched alkanes of at least 4 members (excludes halogenated alkanes) is 1. The molecule has 0 saturated heterocycles. The number of hydrogen-bond acceptors (Lipinski definition) is 2. The quantitative estimate of drug-likeness (QED) is 0.697. The van der Waals surface area contributed by atoms with Crippen molar-refractivity contribution in [3.05, 3.63) is 0 Å². The third-order valence-corrected chi connectivity index (χ3v) is 3.10. The van der Waals surface area contributed by atoms with E-state index in [2.05, 4.69) is 5.32 Å². The van der Waals surface area contributed by atoms with Gasteiger partial charge >= 0.3 is 18.2 Å². The number of carbonyl (C=O) groups excluding carboxylic acids is 1. The van der Waals surface area contributed by atoms with Crippen molar-refractivity contribution in [2.24, 2.45) is 0 Å². The molecule has 1 fully saturated rings. The van der Waals surface area contributed by atoms with Gasteiger partial charge in [-0.2, -0.15) is 13.2 Å². The van der Waals surface area contributed by atoms with Gasteiger partial charge in [0.25, 0.3) is 0 Å². The summed E-state index contributed by atoms with van der Waals surface area (Å²) in [5, 5.41) is 12.8. The minimum atomic E-state index is -4.51. The second-order valence-electron chi connectivity index (χ2n) is 4.71. The van der Waals surface area contributed by atoms with Crippen LogP contribution in [0.4, 0.5) is 18.0 Å². The molecule has 2 amide bonds. The van der Waals surface area contributed by atoms with Crippen molar-refractivity contribution < 1.29 is 27.9 Å². The molecule has 110 valence electrons. The van der Waals surface area contributed by atoms with Crippen molar-refractivity contribution in [2.75, 3.05) is 0 Å². The lowest BCUT2D eigenvalue weighted by Gasteiger charge is -2.22. The van der Waals surface area contributed by atoms with Crippen molar-refractivity contribution in [2.45, 2.75) is 56.8 Å². The van der Waals surface area contributed by atoms with Gasteiger partial charge in [-0.25, -0.2) is 9.59 Å². The Balaban J connectivity index is 2.52. The normalized spacial score (nSPS) is 18.5. The van der Waals surface area contributed by atoms with Crippen LogP contribution in [0.1, 0.15) is 39.0 Å². The zero-order valence-corrected chi connectivity index (χ0v) is 10.5. The predicted molar refractivity (Wildman–Crippen MR) is 60.6 cm³/mol. The van der Waals surface area contributed by atoms with E-state index in [1.807, 2.05) is 12.2 Å². The molecule has 0 unspecified atom stereocenters. The first-order chi connectivity index (χ1) is 8.72. The van der Waals surface area contributed by atoms with Gasteiger partial charge in [-0.05, 0) is 19.3 Å². The van der Waals surface area contributed by atoms with Gasteiger partial charge in [-0.15, -0.1) is 0 Å². The maximum atomic E-state index is 12.6. The number of hydrogen-bond donors (Lipinski definition) is 3. The van der Waals surface area contributed by atoms with Gasteiger partial charge in [0.1, 0.15) is 11.6 Å². The molecule has 1 aliphatic carbocycles. The molecular formula is C11H17F3N2O3. The summed E-state index contributed by atoms with van der Waals surface area (Å²) in [7, 11) is 0. The third kappa shape index (κ3) is 4.00. The van der Waals surface area contributed by atoms with E-state index in [0.717, 1.165) is 6.42 Å². The van der Waals surface area contributed by atoms with Crippen LogP contribution in [0, 0.1) is 0 Å². The highest BCUT2D eigenvalue weighted by Crippen LogP contribution is 2.48. The Hall–Kier alpha value is -1.47. The van der Waals surface area contributed by atoms with Gasteiger partial charge in [-0.1, -0.05) is 19.8 Å². The van der Waals surface area contributed by atoms with Crippen LogP contribution in [0.3, 0.4) is 0 Å². The minimum Gasteiger partial charge on any atom is -0.480 e. The molecule has 0 bridgehead atoms. The summed E-state index contributed by atoms with van der Waals surface area (Å²) in [6.45, 7) is 1.85. The number of urea groups is 1. The molecule has 0 aromatic carbocycles. The second kappa shape index (κ2) is 5.66. The fourth-order valence-corrected chi connectivity index (χ4v) is 1.68. The van der Waals surface area contributed by atoms with Crippen molar-refractivity contribution in [3.63, 3.8) is 0 Å². The summed E-state index contributed by atoms with van der Waals surface area (Å²) < 4.78 is 37.8. The molecule has 0 heterocycles. The van der Waals surface area contributed by atoms with Crippen LogP contribution in [-0.2, 0) is 4.79 Å². The van der Waals surface area contributed by atoms with Crippen LogP contribution in [0.2, 0.25) is 0 Å². The van der Waals surface area contributed by atoms with Gasteiger partial charge < -0.3 is 15.7 Å². The molecule has 8 heteroatoms. The highest BCUT2D eigenvalue weighted by atomic mass is 19.4. The third-order valence-electron chi connectivity index (χ3n) is 3.10. The standard InChI is InChI=1S/C11H17F3N2O3/c1-2-3-4-7(8(17)18)15-9(19)16-10(5-6-10)11(12,13)14/h7H,2-6H2,1H3,(H,17,18)(H2,15,16,19)/t7-/m0/s1. The van der Waals surface area contributed by atoms with Crippen LogP contribution in [-0.4, -0.2) is 34.9 Å². The predicted octanol–water partition coefficient (Wildman–Crippen LogP) is 2.02. The van der Waals surface area contributed by atoms with E-state index in [4.69, 9.17) is 5.11 Å². The first-order valence-electron chi connectivity index (χ1n) is 6.10. The molecule has 0 aliphatic heterocycles. The molecular weight excluding hydrogens is 265 g/mol. The van der Waals surface area contributed by atoms with E-state index in [-0.39, 0.29) is 19.3 Å². The molecule has 1 saturated carbocycles. The van der Waals surface area contributed by atoms with Crippen LogP contribution in [0.5, 0.6) is 0 Å². The Bertz CT molecular complexity index is 354. The number of alkyl halides is 3. The number of nitrogens with one attached hydrogen (secondary N) is 2. The van der Waals surface area contributed by atoms with E-state index >= 15 is 0 Å². The lowest BCUT2D eigenvalue weighted by atomic mass is 10.1. The summed E-state index contributed by atoms with van der Waals surface area (Å²) in [6, 6.07) is -2.25. The monoisotopic (exact) mass is 282 g/mol. The molecule has 0 spiro atoms. The second-order valence-corrected chi connectivity index (χ2v) is 4.71. The molecule has 0 aromatic heterocycles. The summed E-state index contributed by atoms with van der Waals surface area (Å²) in [6.07, 6.45) is -3.35. The minimum absolute atomic E-state index is 0.170. The van der Waals surface area contributed by atoms with Crippen LogP contribution in [0.25, 0.3) is 0 Å². The average molecular weight is 282 g/mol. The van der Waals surface area contributed by atoms with E-state index in [1.54, 1.807) is 0 Å². The first kappa shape index (κ1) is 15.6. The maximum Gasteiger partial charge on any atom is 0.411 e. The summed E-state index contributed by atoms with van der Waals surface area (Å²) >= 11 is 0. The van der Waals surface area contributed by atoms with Gasteiger partial charge in [0.2, 0.25) is 0 Å². The van der Waals surface area contributed by atoms with Gasteiger partial charge in [-0.3, -0.25) is 0 Å². The fraction of sp³-hybridized carbons (Fsp3) is 0.818. The molecule has 1 atom stereocenters. The lowest BCUT2D eigenvalue weighted by Crippen LogP contribution is -2.54. The van der Waals surface area contributed by atoms with E-state index in [1.165, 1.54) is 0 Å². The molecule has 0 radical (unpaired) electrons. The van der Waals surface area contributed by atoms with E-state index < -0.39 is 29.8 Å². The van der Waals surface area contributed by atoms with Crippen molar-refractivity contribution >= 4 is 12.0 Å². The first-order valence-corrected chi connectivity index (χ1v) is 6.10. The van der Waals surface area contributed by atoms with Gasteiger partial charge in [0.05, 0.1) is 0 Å². The number of amides is 2. The number of aliphatic carboxylic acids is 1. The summed E-state index contributed by atoms with van der Waals surface area (Å²) in [4.78, 5) is 22.3. The number of halogens is 3. The van der Waals surface area contributed by atoms with Crippen molar-refractivity contribution in [3.8, 4) is 0 Å². The van der Waals surface area contributed by atoms with Gasteiger partial charge in [0.15, 0.2) is 0 Å². The molecule has 1 rings (SSSR count). The van der Waals surface area contributed by atoms with Crippen LogP contribution >= 0.6 is 0 Å². The number of carboxylic acid groups (broad SMARTS) is 1. The highest BCUT2D eigenvalue weighted by Gasteiger charge is 2.64.